The third-order valence-electron chi connectivity index (χ3n) is 6.07. The maximum absolute atomic E-state index is 12.3. The first kappa shape index (κ1) is 21.6. The topological polar surface area (TPSA) is 60.3 Å². The van der Waals surface area contributed by atoms with Crippen LogP contribution in [-0.4, -0.2) is 31.7 Å². The Labute approximate surface area is 187 Å². The Balaban J connectivity index is 1.43. The predicted octanol–water partition coefficient (Wildman–Crippen LogP) is 5.78. The number of carbonyl (C=O) groups is 1. The summed E-state index contributed by atoms with van der Waals surface area (Å²) in [5.41, 5.74) is 4.52. The number of carbonyl (C=O) groups excluding carboxylic acids is 1. The molecule has 4 aromatic rings. The van der Waals surface area contributed by atoms with Crippen LogP contribution in [0.5, 0.6) is 5.75 Å². The lowest BCUT2D eigenvalue weighted by atomic mass is 10.0. The average molecular weight is 444 g/mol. The summed E-state index contributed by atoms with van der Waals surface area (Å²) in [6, 6.07) is 9.59. The molecule has 7 heteroatoms. The van der Waals surface area contributed by atoms with E-state index in [4.69, 9.17) is 16.3 Å². The molecule has 1 unspecified atom stereocenters. The molecule has 31 heavy (non-hydrogen) atoms. The smallest absolute Gasteiger partial charge is 0.306 e. The summed E-state index contributed by atoms with van der Waals surface area (Å²) in [4.78, 5) is 14.2. The van der Waals surface area contributed by atoms with Crippen LogP contribution in [0.15, 0.2) is 30.3 Å². The van der Waals surface area contributed by atoms with E-state index >= 15 is 0 Å². The number of esters is 1. The number of unbranched alkanes of at least 4 members (excludes halogenated alkanes) is 1. The van der Waals surface area contributed by atoms with Gasteiger partial charge in [0.1, 0.15) is 22.5 Å². The van der Waals surface area contributed by atoms with E-state index in [0.29, 0.717) is 36.1 Å². The van der Waals surface area contributed by atoms with E-state index in [1.807, 2.05) is 51.3 Å². The van der Waals surface area contributed by atoms with Gasteiger partial charge in [0.15, 0.2) is 0 Å². The minimum absolute atomic E-state index is 0.163. The van der Waals surface area contributed by atoms with Gasteiger partial charge in [0, 0.05) is 11.4 Å². The van der Waals surface area contributed by atoms with Crippen LogP contribution in [0.3, 0.4) is 0 Å². The van der Waals surface area contributed by atoms with Crippen LogP contribution < -0.4 is 0 Å². The van der Waals surface area contributed by atoms with E-state index in [0.717, 1.165) is 41.4 Å². The molecular weight excluding hydrogens is 414 g/mol. The lowest BCUT2D eigenvalue weighted by Crippen LogP contribution is -2.14. The summed E-state index contributed by atoms with van der Waals surface area (Å²) in [5.74, 6) is 0.519. The summed E-state index contributed by atoms with van der Waals surface area (Å²) in [5, 5.41) is 11.3. The Morgan fingerprint density at radius 2 is 1.94 bits per heavy atom. The second-order valence-corrected chi connectivity index (χ2v) is 8.82. The van der Waals surface area contributed by atoms with Gasteiger partial charge >= 0.3 is 5.97 Å². The number of aromatic nitrogens is 3. The molecule has 4 rings (SSSR count). The number of ether oxygens (including phenoxy) is 1. The van der Waals surface area contributed by atoms with Crippen LogP contribution in [0.1, 0.15) is 57.1 Å². The van der Waals surface area contributed by atoms with Crippen LogP contribution in [0.25, 0.3) is 16.7 Å². The van der Waals surface area contributed by atoms with Crippen molar-refractivity contribution in [1.82, 2.24) is 14.1 Å². The number of nitrogens with zero attached hydrogens (tertiary/aromatic N) is 3. The van der Waals surface area contributed by atoms with Gasteiger partial charge in [-0.1, -0.05) is 50.8 Å². The van der Waals surface area contributed by atoms with Gasteiger partial charge in [-0.05, 0) is 61.1 Å². The number of rotatable bonds is 10. The minimum Gasteiger partial charge on any atom is -0.505 e. The zero-order chi connectivity index (χ0) is 22.1. The van der Waals surface area contributed by atoms with Crippen molar-refractivity contribution >= 4 is 28.6 Å². The van der Waals surface area contributed by atoms with E-state index in [2.05, 4.69) is 13.8 Å². The van der Waals surface area contributed by atoms with Crippen molar-refractivity contribution in [3.63, 3.8) is 0 Å². The van der Waals surface area contributed by atoms with Crippen molar-refractivity contribution in [3.8, 4) is 11.4 Å². The first-order valence-electron chi connectivity index (χ1n) is 11.1. The molecule has 0 aliphatic rings. The number of benzene rings is 2. The Hall–Kier alpha value is -2.60. The second-order valence-electron chi connectivity index (χ2n) is 8.38. The maximum atomic E-state index is 12.3. The van der Waals surface area contributed by atoms with Gasteiger partial charge in [-0.2, -0.15) is 0 Å². The number of phenols is 1. The molecule has 0 saturated heterocycles. The zero-order valence-electron chi connectivity index (χ0n) is 18.4. The summed E-state index contributed by atoms with van der Waals surface area (Å²) in [6.07, 6.45) is 5.38. The van der Waals surface area contributed by atoms with Crippen molar-refractivity contribution in [3.05, 3.63) is 46.5 Å². The van der Waals surface area contributed by atoms with E-state index in [-0.39, 0.29) is 11.7 Å². The molecule has 0 fully saturated rings. The van der Waals surface area contributed by atoms with Gasteiger partial charge in [-0.3, -0.25) is 4.79 Å². The largest absolute Gasteiger partial charge is 0.505 e. The minimum atomic E-state index is -0.163. The Morgan fingerprint density at radius 1 is 1.16 bits per heavy atom. The molecule has 1 N–H and O–H groups in total. The normalized spacial score (nSPS) is 12.9. The maximum Gasteiger partial charge on any atom is 0.306 e. The molecule has 0 saturated carbocycles. The summed E-state index contributed by atoms with van der Waals surface area (Å²) >= 11 is 6.10. The number of aromatic hydroxyl groups is 1. The first-order valence-corrected chi connectivity index (χ1v) is 11.5. The van der Waals surface area contributed by atoms with Crippen molar-refractivity contribution in [2.24, 2.45) is 5.92 Å². The van der Waals surface area contributed by atoms with Crippen LogP contribution in [0.2, 0.25) is 5.02 Å². The number of halogens is 1. The highest BCUT2D eigenvalue weighted by molar-refractivity contribution is 6.31. The Bertz CT molecular complexity index is 1190. The molecule has 2 aromatic carbocycles. The standard InChI is InChI=1S/C24H30ClN3O3/c1-4-6-7-17(5-2)15-31-23(29)11-8-18-12-16(3)24(30)22(13-18)28-26-20-10-9-19(25)14-21(20)27(26)28/h9-10,12-14,17,30H,4-8,11,15H2,1-3H3. The summed E-state index contributed by atoms with van der Waals surface area (Å²) in [6.45, 7) is 6.71. The van der Waals surface area contributed by atoms with Gasteiger partial charge in [-0.15, -0.1) is 14.1 Å². The number of hydrogen-bond donors (Lipinski definition) is 1. The van der Waals surface area contributed by atoms with Gasteiger partial charge in [0.2, 0.25) is 0 Å². The lowest BCUT2D eigenvalue weighted by molar-refractivity contribution is -0.145. The molecule has 2 heterocycles. The third kappa shape index (κ3) is 4.26. The van der Waals surface area contributed by atoms with Gasteiger partial charge < -0.3 is 9.84 Å². The molecule has 0 bridgehead atoms. The van der Waals surface area contributed by atoms with Gasteiger partial charge in [-0.25, -0.2) is 0 Å². The molecule has 0 aliphatic heterocycles. The second kappa shape index (κ2) is 8.87. The molecule has 0 amide bonds. The molecule has 0 aliphatic carbocycles. The van der Waals surface area contributed by atoms with Crippen LogP contribution >= 0.6 is 11.6 Å². The fourth-order valence-corrected chi connectivity index (χ4v) is 4.25. The number of phenolic OH excluding ortho intramolecular Hbond substituents is 1. The first-order chi connectivity index (χ1) is 14.9. The number of aryl methyl sites for hydroxylation is 2. The Morgan fingerprint density at radius 3 is 2.68 bits per heavy atom. The molecule has 0 spiro atoms. The summed E-state index contributed by atoms with van der Waals surface area (Å²) < 4.78 is 9.45. The van der Waals surface area contributed by atoms with Crippen LogP contribution in [0.4, 0.5) is 0 Å². The fourth-order valence-electron chi connectivity index (χ4n) is 4.08. The molecular formula is C24H30ClN3O3. The molecule has 1 atom stereocenters. The Kier molecular flexibility index (Phi) is 6.19. The van der Waals surface area contributed by atoms with Crippen molar-refractivity contribution in [1.29, 1.82) is 0 Å². The number of hydrogen-bond acceptors (Lipinski definition) is 3. The molecule has 166 valence electrons. The molecule has 0 radical (unpaired) electrons. The highest BCUT2D eigenvalue weighted by Crippen LogP contribution is 2.34. The highest BCUT2D eigenvalue weighted by atomic mass is 35.5. The highest BCUT2D eigenvalue weighted by Gasteiger charge is 2.26. The monoisotopic (exact) mass is 443 g/mol. The lowest BCUT2D eigenvalue weighted by Gasteiger charge is -2.14. The summed E-state index contributed by atoms with van der Waals surface area (Å²) in [7, 11) is 0. The van der Waals surface area contributed by atoms with Crippen molar-refractivity contribution in [2.75, 3.05) is 6.61 Å². The quantitative estimate of drug-likeness (QED) is 0.316. The predicted molar refractivity (Wildman–Crippen MR) is 123 cm³/mol. The molecule has 2 aromatic heterocycles. The average Bonchev–Trinajstić information content (AvgIpc) is 3.42. The van der Waals surface area contributed by atoms with Crippen molar-refractivity contribution < 1.29 is 14.6 Å². The number of fused-ring (bicyclic) bond motifs is 4. The van der Waals surface area contributed by atoms with E-state index in [1.165, 1.54) is 6.42 Å². The van der Waals surface area contributed by atoms with Gasteiger partial charge in [0.25, 0.3) is 0 Å². The molecule has 6 nitrogen and oxygen atoms in total. The van der Waals surface area contributed by atoms with E-state index in [1.54, 1.807) is 0 Å². The van der Waals surface area contributed by atoms with Crippen LogP contribution in [-0.2, 0) is 16.0 Å². The van der Waals surface area contributed by atoms with Crippen LogP contribution in [0, 0.1) is 12.8 Å². The third-order valence-corrected chi connectivity index (χ3v) is 6.31. The van der Waals surface area contributed by atoms with Gasteiger partial charge in [0.05, 0.1) is 6.61 Å². The SMILES string of the molecule is CCCCC(CC)COC(=O)CCc1cc(C)c(O)c(-n2n3c4ccc(Cl)cc4n23)c1. The van der Waals surface area contributed by atoms with E-state index in [9.17, 15) is 9.90 Å². The van der Waals surface area contributed by atoms with Crippen molar-refractivity contribution in [2.45, 2.75) is 59.3 Å². The fraction of sp³-hybridized carbons (Fsp3) is 0.458. The zero-order valence-corrected chi connectivity index (χ0v) is 19.2. The van der Waals surface area contributed by atoms with E-state index < -0.39 is 0 Å².